The maximum absolute atomic E-state index is 3.90. The molecule has 2 heteroatoms. The summed E-state index contributed by atoms with van der Waals surface area (Å²) in [6, 6.07) is 10.5. The van der Waals surface area contributed by atoms with Gasteiger partial charge in [0.1, 0.15) is 0 Å². The second kappa shape index (κ2) is 6.73. The van der Waals surface area contributed by atoms with E-state index in [1.165, 1.54) is 62.7 Å². The lowest BCUT2D eigenvalue weighted by Crippen LogP contribution is -2.48. The van der Waals surface area contributed by atoms with Crippen LogP contribution >= 0.6 is 0 Å². The van der Waals surface area contributed by atoms with Crippen LogP contribution in [0.3, 0.4) is 0 Å². The Bertz CT molecular complexity index is 406. The van der Waals surface area contributed by atoms with Gasteiger partial charge in [0.2, 0.25) is 0 Å². The van der Waals surface area contributed by atoms with Gasteiger partial charge in [-0.05, 0) is 44.7 Å². The minimum atomic E-state index is 0.720. The number of aryl methyl sites for hydroxylation is 1. The molecule has 0 radical (unpaired) electrons. The largest absolute Gasteiger partial charge is 0.310 e. The van der Waals surface area contributed by atoms with Gasteiger partial charge in [-0.2, -0.15) is 0 Å². The van der Waals surface area contributed by atoms with Crippen LogP contribution in [0.15, 0.2) is 24.3 Å². The SMILES string of the molecule is Cc1ccc(CN2CCCC(NC3CCCC3)C2)cc1. The van der Waals surface area contributed by atoms with Crippen molar-refractivity contribution in [1.29, 1.82) is 0 Å². The Morgan fingerprint density at radius 2 is 1.70 bits per heavy atom. The molecule has 1 saturated carbocycles. The minimum Gasteiger partial charge on any atom is -0.310 e. The predicted molar refractivity (Wildman–Crippen MR) is 84.9 cm³/mol. The maximum Gasteiger partial charge on any atom is 0.0234 e. The van der Waals surface area contributed by atoms with Gasteiger partial charge in [0, 0.05) is 25.2 Å². The first kappa shape index (κ1) is 14.1. The van der Waals surface area contributed by atoms with Gasteiger partial charge in [0.15, 0.2) is 0 Å². The lowest BCUT2D eigenvalue weighted by Gasteiger charge is -2.34. The van der Waals surface area contributed by atoms with Crippen molar-refractivity contribution in [3.05, 3.63) is 35.4 Å². The topological polar surface area (TPSA) is 15.3 Å². The van der Waals surface area contributed by atoms with Crippen LogP contribution in [0, 0.1) is 6.92 Å². The molecule has 110 valence electrons. The number of hydrogen-bond acceptors (Lipinski definition) is 2. The monoisotopic (exact) mass is 272 g/mol. The summed E-state index contributed by atoms with van der Waals surface area (Å²) in [5, 5.41) is 3.90. The molecule has 2 nitrogen and oxygen atoms in total. The molecule has 1 aromatic rings. The molecule has 1 N–H and O–H groups in total. The van der Waals surface area contributed by atoms with Crippen molar-refractivity contribution in [3.63, 3.8) is 0 Å². The highest BCUT2D eigenvalue weighted by Gasteiger charge is 2.23. The highest BCUT2D eigenvalue weighted by Crippen LogP contribution is 2.21. The van der Waals surface area contributed by atoms with E-state index in [9.17, 15) is 0 Å². The molecule has 2 aliphatic rings. The Hall–Kier alpha value is -0.860. The molecule has 2 fully saturated rings. The summed E-state index contributed by atoms with van der Waals surface area (Å²) in [6.07, 6.45) is 8.36. The van der Waals surface area contributed by atoms with Crippen molar-refractivity contribution >= 4 is 0 Å². The van der Waals surface area contributed by atoms with E-state index in [0.717, 1.165) is 18.6 Å². The number of nitrogens with one attached hydrogen (secondary N) is 1. The van der Waals surface area contributed by atoms with Gasteiger partial charge in [0.05, 0.1) is 0 Å². The standard InChI is InChI=1S/C18H28N2/c1-15-8-10-16(11-9-15)13-20-12-4-7-18(14-20)19-17-5-2-3-6-17/h8-11,17-19H,2-7,12-14H2,1H3. The first-order valence-electron chi connectivity index (χ1n) is 8.33. The van der Waals surface area contributed by atoms with E-state index in [-0.39, 0.29) is 0 Å². The van der Waals surface area contributed by atoms with Gasteiger partial charge < -0.3 is 5.32 Å². The van der Waals surface area contributed by atoms with Gasteiger partial charge in [-0.1, -0.05) is 42.7 Å². The minimum absolute atomic E-state index is 0.720. The molecule has 0 bridgehead atoms. The summed E-state index contributed by atoms with van der Waals surface area (Å²) in [4.78, 5) is 2.63. The Morgan fingerprint density at radius 3 is 2.45 bits per heavy atom. The van der Waals surface area contributed by atoms with E-state index >= 15 is 0 Å². The van der Waals surface area contributed by atoms with E-state index in [0.29, 0.717) is 0 Å². The molecule has 0 amide bonds. The molecule has 1 atom stereocenters. The number of likely N-dealkylation sites (tertiary alicyclic amines) is 1. The summed E-state index contributed by atoms with van der Waals surface area (Å²) in [5.74, 6) is 0. The van der Waals surface area contributed by atoms with Crippen molar-refractivity contribution in [2.75, 3.05) is 13.1 Å². The Balaban J connectivity index is 1.50. The number of benzene rings is 1. The molecular formula is C18H28N2. The fourth-order valence-corrected chi connectivity index (χ4v) is 3.71. The second-order valence-corrected chi connectivity index (χ2v) is 6.71. The molecule has 1 saturated heterocycles. The van der Waals surface area contributed by atoms with Crippen molar-refractivity contribution in [3.8, 4) is 0 Å². The van der Waals surface area contributed by atoms with Crippen molar-refractivity contribution in [2.45, 2.75) is 64.1 Å². The Labute approximate surface area is 123 Å². The Kier molecular flexibility index (Phi) is 4.74. The third kappa shape index (κ3) is 3.83. The first-order chi connectivity index (χ1) is 9.79. The highest BCUT2D eigenvalue weighted by molar-refractivity contribution is 5.21. The third-order valence-electron chi connectivity index (χ3n) is 4.86. The lowest BCUT2D eigenvalue weighted by molar-refractivity contribution is 0.176. The zero-order valence-electron chi connectivity index (χ0n) is 12.8. The maximum atomic E-state index is 3.90. The third-order valence-corrected chi connectivity index (χ3v) is 4.86. The highest BCUT2D eigenvalue weighted by atomic mass is 15.2. The number of hydrogen-bond donors (Lipinski definition) is 1. The van der Waals surface area contributed by atoms with E-state index in [1.54, 1.807) is 0 Å². The van der Waals surface area contributed by atoms with Gasteiger partial charge in [0.25, 0.3) is 0 Å². The molecule has 0 spiro atoms. The van der Waals surface area contributed by atoms with Gasteiger partial charge >= 0.3 is 0 Å². The predicted octanol–water partition coefficient (Wildman–Crippen LogP) is 3.49. The molecule has 1 unspecified atom stereocenters. The molecule has 20 heavy (non-hydrogen) atoms. The van der Waals surface area contributed by atoms with Crippen LogP contribution in [-0.2, 0) is 6.54 Å². The molecule has 0 aromatic heterocycles. The fourth-order valence-electron chi connectivity index (χ4n) is 3.71. The van der Waals surface area contributed by atoms with Gasteiger partial charge in [-0.15, -0.1) is 0 Å². The Morgan fingerprint density at radius 1 is 1.00 bits per heavy atom. The molecule has 1 aliphatic heterocycles. The van der Waals surface area contributed by atoms with E-state index in [1.807, 2.05) is 0 Å². The quantitative estimate of drug-likeness (QED) is 0.902. The van der Waals surface area contributed by atoms with E-state index < -0.39 is 0 Å². The number of piperidine rings is 1. The van der Waals surface area contributed by atoms with Crippen LogP contribution in [0.4, 0.5) is 0 Å². The zero-order valence-corrected chi connectivity index (χ0v) is 12.8. The van der Waals surface area contributed by atoms with Crippen LogP contribution < -0.4 is 5.32 Å². The molecule has 1 aromatic carbocycles. The summed E-state index contributed by atoms with van der Waals surface area (Å²) >= 11 is 0. The summed E-state index contributed by atoms with van der Waals surface area (Å²) in [6.45, 7) is 5.76. The van der Waals surface area contributed by atoms with Gasteiger partial charge in [-0.25, -0.2) is 0 Å². The molecule has 1 heterocycles. The average molecular weight is 272 g/mol. The molecular weight excluding hydrogens is 244 g/mol. The van der Waals surface area contributed by atoms with E-state index in [2.05, 4.69) is 41.4 Å². The van der Waals surface area contributed by atoms with Gasteiger partial charge in [-0.3, -0.25) is 4.90 Å². The average Bonchev–Trinajstić information content (AvgIpc) is 2.95. The zero-order chi connectivity index (χ0) is 13.8. The van der Waals surface area contributed by atoms with Crippen LogP contribution in [0.5, 0.6) is 0 Å². The summed E-state index contributed by atoms with van der Waals surface area (Å²) in [7, 11) is 0. The van der Waals surface area contributed by atoms with Crippen molar-refractivity contribution < 1.29 is 0 Å². The second-order valence-electron chi connectivity index (χ2n) is 6.71. The first-order valence-corrected chi connectivity index (χ1v) is 8.33. The normalized spacial score (nSPS) is 25.1. The molecule has 1 aliphatic carbocycles. The summed E-state index contributed by atoms with van der Waals surface area (Å²) < 4.78 is 0. The molecule has 3 rings (SSSR count). The lowest BCUT2D eigenvalue weighted by atomic mass is 10.0. The number of nitrogens with zero attached hydrogens (tertiary/aromatic N) is 1. The van der Waals surface area contributed by atoms with Crippen molar-refractivity contribution in [2.24, 2.45) is 0 Å². The van der Waals surface area contributed by atoms with Crippen molar-refractivity contribution in [1.82, 2.24) is 10.2 Å². The number of rotatable bonds is 4. The summed E-state index contributed by atoms with van der Waals surface area (Å²) in [5.41, 5.74) is 2.81. The fraction of sp³-hybridized carbons (Fsp3) is 0.667. The van der Waals surface area contributed by atoms with E-state index in [4.69, 9.17) is 0 Å². The van der Waals surface area contributed by atoms with Crippen LogP contribution in [0.2, 0.25) is 0 Å². The van der Waals surface area contributed by atoms with Crippen LogP contribution in [0.25, 0.3) is 0 Å². The van der Waals surface area contributed by atoms with Crippen LogP contribution in [0.1, 0.15) is 49.7 Å². The van der Waals surface area contributed by atoms with Crippen LogP contribution in [-0.4, -0.2) is 30.1 Å². The smallest absolute Gasteiger partial charge is 0.0234 e.